The van der Waals surface area contributed by atoms with Crippen molar-refractivity contribution in [3.63, 3.8) is 0 Å². The fourth-order valence-electron chi connectivity index (χ4n) is 2.73. The van der Waals surface area contributed by atoms with Gasteiger partial charge in [0.05, 0.1) is 23.5 Å². The number of aromatic amines is 1. The van der Waals surface area contributed by atoms with Gasteiger partial charge in [0, 0.05) is 23.2 Å². The molecule has 2 amide bonds. The Hall–Kier alpha value is -4.19. The number of aromatic carboxylic acids is 1. The molecule has 12 heteroatoms. The Labute approximate surface area is 171 Å². The van der Waals surface area contributed by atoms with Crippen LogP contribution in [0.2, 0.25) is 0 Å². The number of aromatic nitrogens is 4. The van der Waals surface area contributed by atoms with Crippen LogP contribution < -0.4 is 16.2 Å². The number of hydrogen-bond acceptors (Lipinski definition) is 7. The van der Waals surface area contributed by atoms with Gasteiger partial charge in [0.1, 0.15) is 11.5 Å². The van der Waals surface area contributed by atoms with Gasteiger partial charge in [0.15, 0.2) is 5.69 Å². The second kappa shape index (κ2) is 7.67. The Bertz CT molecular complexity index is 1290. The third-order valence-electron chi connectivity index (χ3n) is 4.11. The van der Waals surface area contributed by atoms with E-state index in [1.54, 1.807) is 17.0 Å². The molecule has 30 heavy (non-hydrogen) atoms. The lowest BCUT2D eigenvalue weighted by atomic mass is 10.2. The van der Waals surface area contributed by atoms with E-state index in [0.29, 0.717) is 16.9 Å². The number of carboxylic acids is 1. The lowest BCUT2D eigenvalue weighted by Crippen LogP contribution is -2.28. The largest absolute Gasteiger partial charge is 0.501 e. The Morgan fingerprint density at radius 1 is 1.23 bits per heavy atom. The second-order valence-corrected chi connectivity index (χ2v) is 6.87. The number of H-pyrrole nitrogens is 1. The van der Waals surface area contributed by atoms with Gasteiger partial charge in [-0.15, -0.1) is 11.3 Å². The molecule has 4 rings (SSSR count). The zero-order chi connectivity index (χ0) is 21.3. The topological polar surface area (TPSA) is 162 Å². The van der Waals surface area contributed by atoms with Crippen molar-refractivity contribution in [1.29, 1.82) is 0 Å². The maximum atomic E-state index is 12.3. The number of nitrogens with one attached hydrogen (secondary N) is 3. The number of carbonyl (C=O) groups excluding carboxylic acids is 1. The van der Waals surface area contributed by atoms with Crippen LogP contribution in [0, 0.1) is 0 Å². The zero-order valence-corrected chi connectivity index (χ0v) is 15.9. The number of urea groups is 1. The smallest absolute Gasteiger partial charge is 0.358 e. The van der Waals surface area contributed by atoms with Gasteiger partial charge in [-0.2, -0.15) is 0 Å². The first-order valence-electron chi connectivity index (χ1n) is 8.53. The van der Waals surface area contributed by atoms with Gasteiger partial charge in [0.25, 0.3) is 5.56 Å². The summed E-state index contributed by atoms with van der Waals surface area (Å²) in [6, 6.07) is 5.06. The van der Waals surface area contributed by atoms with E-state index in [0.717, 1.165) is 5.65 Å². The molecule has 0 radical (unpaired) electrons. The Kier molecular flexibility index (Phi) is 4.90. The third kappa shape index (κ3) is 3.71. The van der Waals surface area contributed by atoms with Crippen LogP contribution in [0.15, 0.2) is 46.1 Å². The molecule has 0 aliphatic heterocycles. The summed E-state index contributed by atoms with van der Waals surface area (Å²) in [7, 11) is 0. The van der Waals surface area contributed by atoms with Crippen LogP contribution in [0.3, 0.4) is 0 Å². The van der Waals surface area contributed by atoms with E-state index in [2.05, 4.69) is 25.6 Å². The number of aromatic hydroxyl groups is 1. The van der Waals surface area contributed by atoms with Gasteiger partial charge in [-0.3, -0.25) is 4.79 Å². The monoisotopic (exact) mass is 426 g/mol. The number of rotatable bonds is 5. The van der Waals surface area contributed by atoms with E-state index in [1.165, 1.54) is 11.3 Å². The molecular formula is C18H14N6O5S. The maximum absolute atomic E-state index is 12.3. The van der Waals surface area contributed by atoms with Crippen molar-refractivity contribution in [2.24, 2.45) is 0 Å². The van der Waals surface area contributed by atoms with Crippen LogP contribution in [0.4, 0.5) is 10.5 Å². The van der Waals surface area contributed by atoms with Crippen LogP contribution in [-0.2, 0) is 6.54 Å². The van der Waals surface area contributed by atoms with Crippen molar-refractivity contribution >= 4 is 34.7 Å². The summed E-state index contributed by atoms with van der Waals surface area (Å²) in [5, 5.41) is 27.2. The number of thiophene rings is 1. The lowest BCUT2D eigenvalue weighted by molar-refractivity contribution is 0.0686. The number of carboxylic acid groups (broad SMARTS) is 1. The van der Waals surface area contributed by atoms with Crippen molar-refractivity contribution < 1.29 is 19.8 Å². The van der Waals surface area contributed by atoms with E-state index in [-0.39, 0.29) is 12.4 Å². The molecule has 4 heterocycles. The van der Waals surface area contributed by atoms with Crippen LogP contribution >= 0.6 is 11.3 Å². The van der Waals surface area contributed by atoms with Crippen molar-refractivity contribution in [2.45, 2.75) is 6.54 Å². The minimum Gasteiger partial charge on any atom is -0.501 e. The highest BCUT2D eigenvalue weighted by molar-refractivity contribution is 7.08. The number of anilines is 1. The van der Waals surface area contributed by atoms with Crippen molar-refractivity contribution in [2.75, 3.05) is 5.32 Å². The Morgan fingerprint density at radius 2 is 2.07 bits per heavy atom. The first-order chi connectivity index (χ1) is 14.4. The molecule has 0 fully saturated rings. The lowest BCUT2D eigenvalue weighted by Gasteiger charge is -2.08. The second-order valence-electron chi connectivity index (χ2n) is 6.12. The van der Waals surface area contributed by atoms with E-state index in [1.807, 2.05) is 28.8 Å². The number of hydrogen-bond donors (Lipinski definition) is 5. The van der Waals surface area contributed by atoms with Gasteiger partial charge in [-0.1, -0.05) is 6.07 Å². The highest BCUT2D eigenvalue weighted by Gasteiger charge is 2.20. The molecule has 0 aliphatic rings. The number of pyridine rings is 1. The predicted octanol–water partition coefficient (Wildman–Crippen LogP) is 1.87. The molecule has 0 bridgehead atoms. The first kappa shape index (κ1) is 19.1. The van der Waals surface area contributed by atoms with E-state index >= 15 is 0 Å². The molecule has 0 saturated carbocycles. The van der Waals surface area contributed by atoms with Crippen molar-refractivity contribution in [3.05, 3.63) is 63.1 Å². The van der Waals surface area contributed by atoms with Gasteiger partial charge < -0.3 is 30.2 Å². The van der Waals surface area contributed by atoms with E-state index in [4.69, 9.17) is 5.11 Å². The number of nitrogens with zero attached hydrogens (tertiary/aromatic N) is 3. The average molecular weight is 426 g/mol. The minimum atomic E-state index is -1.55. The normalized spacial score (nSPS) is 10.8. The standard InChI is InChI=1S/C18H14N6O5S/c25-14-13(17(27)28)22-15(23-16(14)26)10-7-30-8-11(10)21-18(29)19-5-9-6-24-4-2-1-3-12(24)20-9/h1-4,6-8,25H,5H2,(H,27,28)(H2,19,21,29)(H,22,23,26). The molecule has 0 spiro atoms. The molecule has 152 valence electrons. The van der Waals surface area contributed by atoms with Crippen molar-refractivity contribution in [3.8, 4) is 17.1 Å². The minimum absolute atomic E-state index is 0.0906. The van der Waals surface area contributed by atoms with Crippen LogP contribution in [0.25, 0.3) is 17.0 Å². The van der Waals surface area contributed by atoms with Gasteiger partial charge in [0.2, 0.25) is 5.75 Å². The maximum Gasteiger partial charge on any atom is 0.358 e. The summed E-state index contributed by atoms with van der Waals surface area (Å²) >= 11 is 1.21. The average Bonchev–Trinajstić information content (AvgIpc) is 3.34. The summed E-state index contributed by atoms with van der Waals surface area (Å²) < 4.78 is 1.83. The van der Waals surface area contributed by atoms with Crippen molar-refractivity contribution in [1.82, 2.24) is 24.7 Å². The molecule has 0 atom stereocenters. The molecule has 0 aliphatic carbocycles. The fraction of sp³-hybridized carbons (Fsp3) is 0.0556. The summed E-state index contributed by atoms with van der Waals surface area (Å²) in [5.41, 5.74) is 0.275. The summed E-state index contributed by atoms with van der Waals surface area (Å²) in [5.74, 6) is -2.62. The molecule has 0 unspecified atom stereocenters. The first-order valence-corrected chi connectivity index (χ1v) is 9.47. The van der Waals surface area contributed by atoms with Gasteiger partial charge in [-0.25, -0.2) is 19.6 Å². The molecule has 0 saturated heterocycles. The predicted molar refractivity (Wildman–Crippen MR) is 108 cm³/mol. The molecular weight excluding hydrogens is 412 g/mol. The molecule has 5 N–H and O–H groups in total. The van der Waals surface area contributed by atoms with Crippen LogP contribution in [0.5, 0.6) is 5.75 Å². The highest BCUT2D eigenvalue weighted by Crippen LogP contribution is 2.29. The molecule has 11 nitrogen and oxygen atoms in total. The number of fused-ring (bicyclic) bond motifs is 1. The SMILES string of the molecule is O=C(NCc1cn2ccccc2n1)Nc1cscc1-c1nc(C(=O)O)c(O)c(=O)[nH]1. The summed E-state index contributed by atoms with van der Waals surface area (Å²) in [6.45, 7) is 0.185. The Balaban J connectivity index is 1.50. The highest BCUT2D eigenvalue weighted by atomic mass is 32.1. The molecule has 0 aromatic carbocycles. The quantitative estimate of drug-likeness (QED) is 0.325. The Morgan fingerprint density at radius 3 is 2.83 bits per heavy atom. The molecule has 4 aromatic rings. The number of amides is 2. The number of carbonyl (C=O) groups is 2. The van der Waals surface area contributed by atoms with E-state index in [9.17, 15) is 19.5 Å². The zero-order valence-electron chi connectivity index (χ0n) is 15.1. The van der Waals surface area contributed by atoms with E-state index < -0.39 is 29.0 Å². The summed E-state index contributed by atoms with van der Waals surface area (Å²) in [6.07, 6.45) is 3.64. The fourth-order valence-corrected chi connectivity index (χ4v) is 3.50. The third-order valence-corrected chi connectivity index (χ3v) is 4.85. The van der Waals surface area contributed by atoms with Crippen LogP contribution in [0.1, 0.15) is 16.2 Å². The summed E-state index contributed by atoms with van der Waals surface area (Å²) in [4.78, 5) is 45.8. The van der Waals surface area contributed by atoms with Crippen LogP contribution in [-0.4, -0.2) is 41.6 Å². The number of imidazole rings is 1. The van der Waals surface area contributed by atoms with Gasteiger partial charge in [-0.05, 0) is 12.1 Å². The molecule has 4 aromatic heterocycles. The van der Waals surface area contributed by atoms with Gasteiger partial charge >= 0.3 is 12.0 Å².